The number of rotatable bonds is 3. The van der Waals surface area contributed by atoms with Crippen LogP contribution in [0.15, 0.2) is 41.3 Å². The first-order valence-corrected chi connectivity index (χ1v) is 7.45. The summed E-state index contributed by atoms with van der Waals surface area (Å²) in [5.41, 5.74) is 2.82. The summed E-state index contributed by atoms with van der Waals surface area (Å²) in [5, 5.41) is 4.35. The van der Waals surface area contributed by atoms with Crippen LogP contribution in [0.4, 0.5) is 5.69 Å². The lowest BCUT2D eigenvalue weighted by atomic mass is 10.1. The van der Waals surface area contributed by atoms with Gasteiger partial charge in [-0.2, -0.15) is 0 Å². The molecule has 0 aliphatic rings. The van der Waals surface area contributed by atoms with Gasteiger partial charge in [0.2, 0.25) is 0 Å². The van der Waals surface area contributed by atoms with Crippen molar-refractivity contribution in [3.05, 3.63) is 46.4 Å². The number of halogens is 2. The van der Waals surface area contributed by atoms with E-state index in [9.17, 15) is 0 Å². The first-order valence-electron chi connectivity index (χ1n) is 5.47. The molecule has 0 aliphatic heterocycles. The topological polar surface area (TPSA) is 12.0 Å². The highest BCUT2D eigenvalue weighted by molar-refractivity contribution is 7.98. The average molecular weight is 298 g/mol. The molecule has 1 nitrogen and oxygen atoms in total. The summed E-state index contributed by atoms with van der Waals surface area (Å²) < 4.78 is 0. The normalized spacial score (nSPS) is 10.4. The molecule has 1 N–H and O–H groups in total. The van der Waals surface area contributed by atoms with E-state index in [2.05, 4.69) is 23.7 Å². The summed E-state index contributed by atoms with van der Waals surface area (Å²) in [5.74, 6) is 0. The van der Waals surface area contributed by atoms with Gasteiger partial charge in [0, 0.05) is 23.2 Å². The van der Waals surface area contributed by atoms with Crippen molar-refractivity contribution in [2.45, 2.75) is 4.90 Å². The van der Waals surface area contributed by atoms with Crippen LogP contribution in [0, 0.1) is 0 Å². The van der Waals surface area contributed by atoms with E-state index >= 15 is 0 Å². The number of hydrogen-bond acceptors (Lipinski definition) is 2. The number of hydrogen-bond donors (Lipinski definition) is 1. The quantitative estimate of drug-likeness (QED) is 0.759. The molecule has 0 bridgehead atoms. The van der Waals surface area contributed by atoms with Gasteiger partial charge in [-0.3, -0.25) is 0 Å². The minimum absolute atomic E-state index is 0.656. The van der Waals surface area contributed by atoms with E-state index in [1.54, 1.807) is 11.8 Å². The Morgan fingerprint density at radius 3 is 2.00 bits per heavy atom. The zero-order chi connectivity index (χ0) is 13.1. The lowest BCUT2D eigenvalue weighted by molar-refractivity contribution is 1.45. The van der Waals surface area contributed by atoms with Gasteiger partial charge in [0.25, 0.3) is 0 Å². The third kappa shape index (κ3) is 2.77. The molecule has 0 amide bonds. The van der Waals surface area contributed by atoms with Crippen molar-refractivity contribution in [3.63, 3.8) is 0 Å². The summed E-state index contributed by atoms with van der Waals surface area (Å²) in [4.78, 5) is 1.22. The van der Waals surface area contributed by atoms with Gasteiger partial charge in [-0.05, 0) is 36.1 Å². The SMILES string of the molecule is CNc1cc(Cl)c(-c2ccc(SC)cc2)c(Cl)c1. The van der Waals surface area contributed by atoms with Crippen LogP contribution in [0.2, 0.25) is 10.0 Å². The fourth-order valence-electron chi connectivity index (χ4n) is 1.75. The maximum absolute atomic E-state index is 6.29. The first kappa shape index (κ1) is 13.6. The average Bonchev–Trinajstić information content (AvgIpc) is 2.38. The van der Waals surface area contributed by atoms with Crippen LogP contribution in [0.3, 0.4) is 0 Å². The molecule has 94 valence electrons. The van der Waals surface area contributed by atoms with Crippen LogP contribution in [-0.2, 0) is 0 Å². The summed E-state index contributed by atoms with van der Waals surface area (Å²) in [7, 11) is 1.84. The third-order valence-electron chi connectivity index (χ3n) is 2.71. The molecule has 0 saturated heterocycles. The van der Waals surface area contributed by atoms with Crippen LogP contribution in [0.1, 0.15) is 0 Å². The van der Waals surface area contributed by atoms with Crippen LogP contribution in [0.25, 0.3) is 11.1 Å². The van der Waals surface area contributed by atoms with Crippen molar-refractivity contribution in [1.82, 2.24) is 0 Å². The van der Waals surface area contributed by atoms with Crippen molar-refractivity contribution in [2.24, 2.45) is 0 Å². The molecular formula is C14H13Cl2NS. The van der Waals surface area contributed by atoms with Gasteiger partial charge in [-0.1, -0.05) is 35.3 Å². The molecule has 0 heterocycles. The van der Waals surface area contributed by atoms with Crippen LogP contribution in [-0.4, -0.2) is 13.3 Å². The Morgan fingerprint density at radius 1 is 1.00 bits per heavy atom. The van der Waals surface area contributed by atoms with Crippen molar-refractivity contribution in [3.8, 4) is 11.1 Å². The lowest BCUT2D eigenvalue weighted by Gasteiger charge is -2.10. The highest BCUT2D eigenvalue weighted by atomic mass is 35.5. The Labute approximate surface area is 121 Å². The molecule has 0 atom stereocenters. The molecule has 0 unspecified atom stereocenters. The monoisotopic (exact) mass is 297 g/mol. The summed E-state index contributed by atoms with van der Waals surface area (Å²) in [6, 6.07) is 12.0. The second-order valence-corrected chi connectivity index (χ2v) is 5.49. The van der Waals surface area contributed by atoms with Crippen molar-refractivity contribution >= 4 is 40.7 Å². The van der Waals surface area contributed by atoms with E-state index in [1.165, 1.54) is 4.90 Å². The van der Waals surface area contributed by atoms with Crippen molar-refractivity contribution in [1.29, 1.82) is 0 Å². The van der Waals surface area contributed by atoms with Gasteiger partial charge in [-0.25, -0.2) is 0 Å². The Balaban J connectivity index is 2.49. The van der Waals surface area contributed by atoms with Crippen LogP contribution in [0.5, 0.6) is 0 Å². The predicted octanol–water partition coefficient (Wildman–Crippen LogP) is 5.42. The van der Waals surface area contributed by atoms with Crippen molar-refractivity contribution < 1.29 is 0 Å². The fraction of sp³-hybridized carbons (Fsp3) is 0.143. The van der Waals surface area contributed by atoms with Gasteiger partial charge in [-0.15, -0.1) is 11.8 Å². The maximum atomic E-state index is 6.29. The Kier molecular flexibility index (Phi) is 4.44. The van der Waals surface area contributed by atoms with Crippen molar-refractivity contribution in [2.75, 3.05) is 18.6 Å². The van der Waals surface area contributed by atoms with Gasteiger partial charge in [0.15, 0.2) is 0 Å². The second-order valence-electron chi connectivity index (χ2n) is 3.79. The van der Waals surface area contributed by atoms with E-state index < -0.39 is 0 Å². The maximum Gasteiger partial charge on any atom is 0.0519 e. The number of thioether (sulfide) groups is 1. The Bertz CT molecular complexity index is 529. The molecule has 2 aromatic rings. The van der Waals surface area contributed by atoms with E-state index in [0.29, 0.717) is 10.0 Å². The second kappa shape index (κ2) is 5.87. The molecule has 0 spiro atoms. The summed E-state index contributed by atoms with van der Waals surface area (Å²) in [6.07, 6.45) is 2.05. The molecular weight excluding hydrogens is 285 g/mol. The molecule has 4 heteroatoms. The zero-order valence-corrected chi connectivity index (χ0v) is 12.5. The van der Waals surface area contributed by atoms with Gasteiger partial charge in [0.1, 0.15) is 0 Å². The standard InChI is InChI=1S/C14H13Cl2NS/c1-17-10-7-12(15)14(13(16)8-10)9-3-5-11(18-2)6-4-9/h3-8,17H,1-2H3. The Hall–Kier alpha value is -0.830. The molecule has 18 heavy (non-hydrogen) atoms. The minimum Gasteiger partial charge on any atom is -0.388 e. The molecule has 0 fully saturated rings. The smallest absolute Gasteiger partial charge is 0.0519 e. The third-order valence-corrected chi connectivity index (χ3v) is 4.05. The summed E-state index contributed by atoms with van der Waals surface area (Å²) in [6.45, 7) is 0. The van der Waals surface area contributed by atoms with Gasteiger partial charge < -0.3 is 5.32 Å². The van der Waals surface area contributed by atoms with Gasteiger partial charge >= 0.3 is 0 Å². The van der Waals surface area contributed by atoms with Crippen LogP contribution >= 0.6 is 35.0 Å². The number of nitrogens with one attached hydrogen (secondary N) is 1. The van der Waals surface area contributed by atoms with E-state index in [4.69, 9.17) is 23.2 Å². The van der Waals surface area contributed by atoms with E-state index in [0.717, 1.165) is 16.8 Å². The number of benzene rings is 2. The fourth-order valence-corrected chi connectivity index (χ4v) is 2.86. The van der Waals surface area contributed by atoms with E-state index in [1.807, 2.05) is 31.3 Å². The van der Waals surface area contributed by atoms with E-state index in [-0.39, 0.29) is 0 Å². The zero-order valence-electron chi connectivity index (χ0n) is 10.1. The molecule has 2 aromatic carbocycles. The summed E-state index contributed by atoms with van der Waals surface area (Å²) >= 11 is 14.3. The highest BCUT2D eigenvalue weighted by Gasteiger charge is 2.10. The molecule has 0 aliphatic carbocycles. The number of anilines is 1. The first-order chi connectivity index (χ1) is 8.65. The molecule has 2 rings (SSSR count). The highest BCUT2D eigenvalue weighted by Crippen LogP contribution is 2.37. The minimum atomic E-state index is 0.656. The predicted molar refractivity (Wildman–Crippen MR) is 83.2 cm³/mol. The largest absolute Gasteiger partial charge is 0.388 e. The molecule has 0 saturated carbocycles. The lowest BCUT2D eigenvalue weighted by Crippen LogP contribution is -1.90. The van der Waals surface area contributed by atoms with Gasteiger partial charge in [0.05, 0.1) is 10.0 Å². The Morgan fingerprint density at radius 2 is 1.56 bits per heavy atom. The molecule has 0 radical (unpaired) electrons. The van der Waals surface area contributed by atoms with Crippen LogP contribution < -0.4 is 5.32 Å². The molecule has 0 aromatic heterocycles.